The molecule has 1 aromatic heterocycles. The van der Waals surface area contributed by atoms with Crippen molar-refractivity contribution in [3.8, 4) is 0 Å². The van der Waals surface area contributed by atoms with Crippen LogP contribution in [0, 0.1) is 13.8 Å². The number of hydrogen-bond donors (Lipinski definition) is 0. The second kappa shape index (κ2) is 7.40. The molecule has 0 radical (unpaired) electrons. The number of carbonyl (C=O) groups excluding carboxylic acids is 1. The molecule has 3 rings (SSSR count). The molecule has 2 saturated heterocycles. The van der Waals surface area contributed by atoms with E-state index in [0.717, 1.165) is 50.5 Å². The van der Waals surface area contributed by atoms with E-state index in [1.165, 1.54) is 0 Å². The molecule has 2 fully saturated rings. The van der Waals surface area contributed by atoms with Crippen LogP contribution in [0.4, 0.5) is 0 Å². The topological polar surface area (TPSA) is 69.5 Å². The first-order valence-electron chi connectivity index (χ1n) is 8.50. The highest BCUT2D eigenvalue weighted by atomic mass is 16.5. The maximum atomic E-state index is 12.4. The molecule has 2 aliphatic heterocycles. The Bertz CT molecular complexity index is 539. The first-order chi connectivity index (χ1) is 11.1. The van der Waals surface area contributed by atoms with Crippen molar-refractivity contribution in [3.63, 3.8) is 0 Å². The van der Waals surface area contributed by atoms with E-state index in [-0.39, 0.29) is 24.7 Å². The van der Waals surface area contributed by atoms with Gasteiger partial charge in [0.1, 0.15) is 18.3 Å². The van der Waals surface area contributed by atoms with Crippen molar-refractivity contribution in [2.75, 3.05) is 32.9 Å². The van der Waals surface area contributed by atoms with Crippen molar-refractivity contribution in [1.29, 1.82) is 0 Å². The van der Waals surface area contributed by atoms with Crippen LogP contribution in [0.1, 0.15) is 43.4 Å². The zero-order chi connectivity index (χ0) is 16.2. The van der Waals surface area contributed by atoms with Gasteiger partial charge >= 0.3 is 0 Å². The number of nitrogens with zero attached hydrogens (tertiary/aromatic N) is 4. The van der Waals surface area contributed by atoms with Crippen LogP contribution in [0.15, 0.2) is 0 Å². The van der Waals surface area contributed by atoms with E-state index in [1.54, 1.807) is 0 Å². The van der Waals surface area contributed by atoms with Gasteiger partial charge in [-0.25, -0.2) is 9.67 Å². The zero-order valence-corrected chi connectivity index (χ0v) is 14.0. The van der Waals surface area contributed by atoms with E-state index < -0.39 is 0 Å². The molecule has 0 saturated carbocycles. The monoisotopic (exact) mass is 322 g/mol. The Hall–Kier alpha value is -1.47. The average molecular weight is 322 g/mol. The Morgan fingerprint density at radius 2 is 2.22 bits per heavy atom. The largest absolute Gasteiger partial charge is 0.376 e. The third-order valence-electron chi connectivity index (χ3n) is 4.56. The Labute approximate surface area is 137 Å². The number of carbonyl (C=O) groups is 1. The molecule has 0 spiro atoms. The van der Waals surface area contributed by atoms with Gasteiger partial charge in [0, 0.05) is 19.7 Å². The lowest BCUT2D eigenvalue weighted by molar-refractivity contribution is -0.139. The van der Waals surface area contributed by atoms with Crippen LogP contribution < -0.4 is 0 Å². The number of ether oxygens (including phenoxy) is 2. The van der Waals surface area contributed by atoms with Gasteiger partial charge in [-0.15, -0.1) is 0 Å². The van der Waals surface area contributed by atoms with Crippen LogP contribution in [0.5, 0.6) is 0 Å². The summed E-state index contributed by atoms with van der Waals surface area (Å²) in [6.45, 7) is 6.82. The van der Waals surface area contributed by atoms with Gasteiger partial charge in [-0.05, 0) is 39.5 Å². The standard InChI is InChI=1S/C16H26N4O3/c1-12-17-13(2)20(18-12)14-5-3-7-19(9-14)16(21)11-22-10-15-6-4-8-23-15/h14-15H,3-11H2,1-2H3/t14-,15+/m1/s1. The van der Waals surface area contributed by atoms with E-state index in [1.807, 2.05) is 23.4 Å². The fourth-order valence-corrected chi connectivity index (χ4v) is 3.41. The quantitative estimate of drug-likeness (QED) is 0.816. The summed E-state index contributed by atoms with van der Waals surface area (Å²) in [7, 11) is 0. The number of aromatic nitrogens is 3. The molecule has 7 heteroatoms. The van der Waals surface area contributed by atoms with E-state index in [9.17, 15) is 4.79 Å². The molecule has 0 bridgehead atoms. The molecule has 0 aromatic carbocycles. The van der Waals surface area contributed by atoms with Crippen LogP contribution in [0.25, 0.3) is 0 Å². The van der Waals surface area contributed by atoms with E-state index in [4.69, 9.17) is 9.47 Å². The molecule has 0 unspecified atom stereocenters. The summed E-state index contributed by atoms with van der Waals surface area (Å²) in [6, 6.07) is 0.215. The highest BCUT2D eigenvalue weighted by molar-refractivity contribution is 5.77. The third-order valence-corrected chi connectivity index (χ3v) is 4.56. The molecule has 128 valence electrons. The normalized spacial score (nSPS) is 25.0. The summed E-state index contributed by atoms with van der Waals surface area (Å²) in [5.41, 5.74) is 0. The molecule has 0 aliphatic carbocycles. The van der Waals surface area contributed by atoms with E-state index in [0.29, 0.717) is 13.2 Å². The number of piperidine rings is 1. The summed E-state index contributed by atoms with van der Waals surface area (Å²) < 4.78 is 13.0. The molecule has 0 N–H and O–H groups in total. The van der Waals surface area contributed by atoms with E-state index >= 15 is 0 Å². The maximum Gasteiger partial charge on any atom is 0.248 e. The zero-order valence-electron chi connectivity index (χ0n) is 14.0. The van der Waals surface area contributed by atoms with Gasteiger partial charge in [-0.1, -0.05) is 0 Å². The fourth-order valence-electron chi connectivity index (χ4n) is 3.41. The minimum atomic E-state index is 0.0576. The molecule has 23 heavy (non-hydrogen) atoms. The highest BCUT2D eigenvalue weighted by Crippen LogP contribution is 2.22. The SMILES string of the molecule is Cc1nc(C)n([C@@H]2CCCN(C(=O)COC[C@@H]3CCCO3)C2)n1. The van der Waals surface area contributed by atoms with Gasteiger partial charge in [0.2, 0.25) is 5.91 Å². The summed E-state index contributed by atoms with van der Waals surface area (Å²) in [5, 5.41) is 4.46. The Kier molecular flexibility index (Phi) is 5.27. The number of hydrogen-bond acceptors (Lipinski definition) is 5. The van der Waals surface area contributed by atoms with Gasteiger partial charge < -0.3 is 14.4 Å². The summed E-state index contributed by atoms with van der Waals surface area (Å²) >= 11 is 0. The van der Waals surface area contributed by atoms with Gasteiger partial charge in [-0.3, -0.25) is 4.79 Å². The Morgan fingerprint density at radius 3 is 2.91 bits per heavy atom. The van der Waals surface area contributed by atoms with Gasteiger partial charge in [0.25, 0.3) is 0 Å². The van der Waals surface area contributed by atoms with Crippen LogP contribution >= 0.6 is 0 Å². The maximum absolute atomic E-state index is 12.4. The predicted molar refractivity (Wildman–Crippen MR) is 84.1 cm³/mol. The van der Waals surface area contributed by atoms with Crippen molar-refractivity contribution in [3.05, 3.63) is 11.6 Å². The van der Waals surface area contributed by atoms with Crippen molar-refractivity contribution < 1.29 is 14.3 Å². The van der Waals surface area contributed by atoms with Crippen LogP contribution in [0.2, 0.25) is 0 Å². The smallest absolute Gasteiger partial charge is 0.248 e. The summed E-state index contributed by atoms with van der Waals surface area (Å²) in [5.74, 6) is 1.75. The van der Waals surface area contributed by atoms with Crippen LogP contribution in [0.3, 0.4) is 0 Å². The van der Waals surface area contributed by atoms with Crippen LogP contribution in [-0.4, -0.2) is 64.6 Å². The second-order valence-electron chi connectivity index (χ2n) is 6.44. The first-order valence-corrected chi connectivity index (χ1v) is 8.50. The average Bonchev–Trinajstić information content (AvgIpc) is 3.17. The first kappa shape index (κ1) is 16.4. The number of rotatable bonds is 5. The highest BCUT2D eigenvalue weighted by Gasteiger charge is 2.27. The third kappa shape index (κ3) is 4.09. The second-order valence-corrected chi connectivity index (χ2v) is 6.44. The molecule has 1 amide bonds. The lowest BCUT2D eigenvalue weighted by Gasteiger charge is -2.33. The van der Waals surface area contributed by atoms with Crippen molar-refractivity contribution >= 4 is 5.91 Å². The molecular weight excluding hydrogens is 296 g/mol. The number of amides is 1. The van der Waals surface area contributed by atoms with Crippen molar-refractivity contribution in [2.45, 2.75) is 51.7 Å². The lowest BCUT2D eigenvalue weighted by Crippen LogP contribution is -2.43. The minimum Gasteiger partial charge on any atom is -0.376 e. The fraction of sp³-hybridized carbons (Fsp3) is 0.812. The summed E-state index contributed by atoms with van der Waals surface area (Å²) in [6.07, 6.45) is 4.31. The number of aryl methyl sites for hydroxylation is 2. The van der Waals surface area contributed by atoms with E-state index in [2.05, 4.69) is 10.1 Å². The predicted octanol–water partition coefficient (Wildman–Crippen LogP) is 1.25. The molecule has 7 nitrogen and oxygen atoms in total. The summed E-state index contributed by atoms with van der Waals surface area (Å²) in [4.78, 5) is 18.6. The Balaban J connectivity index is 1.49. The Morgan fingerprint density at radius 1 is 1.35 bits per heavy atom. The molecule has 3 heterocycles. The molecule has 2 aliphatic rings. The van der Waals surface area contributed by atoms with Gasteiger partial charge in [0.05, 0.1) is 18.8 Å². The van der Waals surface area contributed by atoms with Gasteiger partial charge in [-0.2, -0.15) is 5.10 Å². The molecular formula is C16H26N4O3. The molecule has 2 atom stereocenters. The van der Waals surface area contributed by atoms with Crippen molar-refractivity contribution in [2.24, 2.45) is 0 Å². The number of likely N-dealkylation sites (tertiary alicyclic amines) is 1. The lowest BCUT2D eigenvalue weighted by atomic mass is 10.1. The minimum absolute atomic E-state index is 0.0576. The van der Waals surface area contributed by atoms with Gasteiger partial charge in [0.15, 0.2) is 0 Å². The van der Waals surface area contributed by atoms with Crippen molar-refractivity contribution in [1.82, 2.24) is 19.7 Å². The molecule has 1 aromatic rings. The van der Waals surface area contributed by atoms with Crippen LogP contribution in [-0.2, 0) is 14.3 Å².